The van der Waals surface area contributed by atoms with Crippen molar-refractivity contribution in [3.8, 4) is 0 Å². The fourth-order valence-corrected chi connectivity index (χ4v) is 2.92. The maximum atomic E-state index is 11.6. The van der Waals surface area contributed by atoms with E-state index in [2.05, 4.69) is 15.9 Å². The summed E-state index contributed by atoms with van der Waals surface area (Å²) >= 11 is 3.40. The molecule has 2 rings (SSSR count). The molecule has 0 aromatic heterocycles. The molecule has 1 fully saturated rings. The zero-order chi connectivity index (χ0) is 8.55. The molecule has 2 nitrogen and oxygen atoms in total. The second kappa shape index (κ2) is 3.36. The third kappa shape index (κ3) is 1.28. The topological polar surface area (TPSA) is 26.1 Å². The summed E-state index contributed by atoms with van der Waals surface area (Å²) in [6.45, 7) is 0. The van der Waals surface area contributed by atoms with Crippen molar-refractivity contribution in [2.24, 2.45) is 5.92 Å². The van der Waals surface area contributed by atoms with Gasteiger partial charge in [0.05, 0.1) is 5.33 Å². The van der Waals surface area contributed by atoms with Gasteiger partial charge >= 0.3 is 0 Å². The van der Waals surface area contributed by atoms with E-state index in [1.165, 1.54) is 29.7 Å². The average Bonchev–Trinajstić information content (AvgIpc) is 2.44. The van der Waals surface area contributed by atoms with Gasteiger partial charge in [-0.25, -0.2) is 4.74 Å². The fourth-order valence-electron chi connectivity index (χ4n) is 2.40. The van der Waals surface area contributed by atoms with E-state index in [1.807, 2.05) is 0 Å². The summed E-state index contributed by atoms with van der Waals surface area (Å²) in [5.74, 6) is 0.624. The molecule has 0 amide bonds. The van der Waals surface area contributed by atoms with Gasteiger partial charge in [-0.15, -0.1) is 0 Å². The quantitative estimate of drug-likeness (QED) is 0.387. The van der Waals surface area contributed by atoms with Gasteiger partial charge in [0, 0.05) is 18.8 Å². The van der Waals surface area contributed by atoms with Gasteiger partial charge in [0.15, 0.2) is 11.8 Å². The van der Waals surface area contributed by atoms with Crippen LogP contribution in [-0.4, -0.2) is 21.8 Å². The molecule has 12 heavy (non-hydrogen) atoms. The highest BCUT2D eigenvalue weighted by atomic mass is 79.9. The third-order valence-electron chi connectivity index (χ3n) is 3.06. The van der Waals surface area contributed by atoms with Crippen molar-refractivity contribution >= 4 is 21.6 Å². The summed E-state index contributed by atoms with van der Waals surface area (Å²) in [5, 5.41) is 12.5. The lowest BCUT2D eigenvalue weighted by Gasteiger charge is -2.14. The zero-order valence-electron chi connectivity index (χ0n) is 7.13. The summed E-state index contributed by atoms with van der Waals surface area (Å²) in [6, 6.07) is 0.225. The monoisotopic (exact) mass is 231 g/mol. The predicted octanol–water partition coefficient (Wildman–Crippen LogP) is 2.30. The molecule has 3 heteroatoms. The SMILES string of the molecule is [O-][N+]1=C2CCCC[C@H]2C[C@H]1CBr. The number of fused-ring (bicyclic) bond motifs is 1. The molecule has 1 heterocycles. The van der Waals surface area contributed by atoms with Gasteiger partial charge in [-0.3, -0.25) is 0 Å². The lowest BCUT2D eigenvalue weighted by Crippen LogP contribution is -2.21. The molecule has 2 aliphatic rings. The lowest BCUT2D eigenvalue weighted by molar-refractivity contribution is -0.486. The molecule has 0 bridgehead atoms. The van der Waals surface area contributed by atoms with Crippen molar-refractivity contribution in [2.45, 2.75) is 38.1 Å². The van der Waals surface area contributed by atoms with E-state index in [0.717, 1.165) is 18.2 Å². The molecule has 0 spiro atoms. The standard InChI is InChI=1S/C9H14BrNO/c10-6-8-5-7-3-1-2-4-9(7)11(8)12/h7-8H,1-6H2/t7-,8-/m0/s1. The third-order valence-corrected chi connectivity index (χ3v) is 3.80. The average molecular weight is 232 g/mol. The first-order valence-corrected chi connectivity index (χ1v) is 5.83. The summed E-state index contributed by atoms with van der Waals surface area (Å²) in [7, 11) is 0. The molecule has 2 atom stereocenters. The van der Waals surface area contributed by atoms with Gasteiger partial charge in [0.2, 0.25) is 0 Å². The maximum absolute atomic E-state index is 11.6. The van der Waals surface area contributed by atoms with Crippen molar-refractivity contribution in [1.82, 2.24) is 0 Å². The Labute approximate surface area is 81.4 Å². The van der Waals surface area contributed by atoms with Crippen LogP contribution in [0.2, 0.25) is 0 Å². The second-order valence-corrected chi connectivity index (χ2v) is 4.45. The van der Waals surface area contributed by atoms with Crippen molar-refractivity contribution in [3.05, 3.63) is 5.21 Å². The zero-order valence-corrected chi connectivity index (χ0v) is 8.72. The highest BCUT2D eigenvalue weighted by Crippen LogP contribution is 2.31. The smallest absolute Gasteiger partial charge is 0.173 e. The lowest BCUT2D eigenvalue weighted by atomic mass is 9.86. The molecular formula is C9H14BrNO. The molecule has 1 saturated carbocycles. The first kappa shape index (κ1) is 8.54. The normalized spacial score (nSPS) is 35.4. The Kier molecular flexibility index (Phi) is 2.40. The molecule has 1 aliphatic heterocycles. The summed E-state index contributed by atoms with van der Waals surface area (Å²) in [5.41, 5.74) is 1.19. The van der Waals surface area contributed by atoms with E-state index in [1.54, 1.807) is 0 Å². The highest BCUT2D eigenvalue weighted by Gasteiger charge is 2.38. The van der Waals surface area contributed by atoms with Gasteiger partial charge in [0.1, 0.15) is 0 Å². The first-order chi connectivity index (χ1) is 5.83. The number of alkyl halides is 1. The minimum atomic E-state index is 0.225. The van der Waals surface area contributed by atoms with Crippen LogP contribution in [0.5, 0.6) is 0 Å². The number of hydrogen-bond donors (Lipinski definition) is 0. The van der Waals surface area contributed by atoms with Crippen molar-refractivity contribution in [1.29, 1.82) is 0 Å². The van der Waals surface area contributed by atoms with E-state index in [0.29, 0.717) is 5.92 Å². The Hall–Kier alpha value is -0.0500. The molecule has 0 aromatic rings. The molecule has 68 valence electrons. The second-order valence-electron chi connectivity index (χ2n) is 3.80. The number of hydrogen-bond acceptors (Lipinski definition) is 1. The Morgan fingerprint density at radius 1 is 1.50 bits per heavy atom. The van der Waals surface area contributed by atoms with Crippen LogP contribution in [-0.2, 0) is 0 Å². The number of halogens is 1. The van der Waals surface area contributed by atoms with Crippen LogP contribution in [0.15, 0.2) is 0 Å². The van der Waals surface area contributed by atoms with Gasteiger partial charge in [-0.1, -0.05) is 22.4 Å². The van der Waals surface area contributed by atoms with E-state index in [9.17, 15) is 5.21 Å². The van der Waals surface area contributed by atoms with E-state index >= 15 is 0 Å². The van der Waals surface area contributed by atoms with E-state index in [4.69, 9.17) is 0 Å². The van der Waals surface area contributed by atoms with Crippen molar-refractivity contribution in [3.63, 3.8) is 0 Å². The largest absolute Gasteiger partial charge is 0.624 e. The minimum absolute atomic E-state index is 0.225. The Bertz CT molecular complexity index is 215. The van der Waals surface area contributed by atoms with Crippen molar-refractivity contribution in [2.75, 3.05) is 5.33 Å². The van der Waals surface area contributed by atoms with Crippen LogP contribution in [0.1, 0.15) is 32.1 Å². The molecule has 0 N–H and O–H groups in total. The summed E-state index contributed by atoms with van der Waals surface area (Å²) in [6.07, 6.45) is 5.93. The van der Waals surface area contributed by atoms with Gasteiger partial charge in [0.25, 0.3) is 0 Å². The Morgan fingerprint density at radius 3 is 3.00 bits per heavy atom. The number of rotatable bonds is 1. The summed E-state index contributed by atoms with van der Waals surface area (Å²) < 4.78 is 1.28. The van der Waals surface area contributed by atoms with Crippen LogP contribution in [0, 0.1) is 11.1 Å². The predicted molar refractivity (Wildman–Crippen MR) is 52.8 cm³/mol. The van der Waals surface area contributed by atoms with Crippen LogP contribution in [0.25, 0.3) is 0 Å². The molecule has 0 unspecified atom stereocenters. The van der Waals surface area contributed by atoms with Crippen LogP contribution in [0.3, 0.4) is 0 Å². The van der Waals surface area contributed by atoms with E-state index in [-0.39, 0.29) is 6.04 Å². The Morgan fingerprint density at radius 2 is 2.33 bits per heavy atom. The molecule has 1 aliphatic carbocycles. The fraction of sp³-hybridized carbons (Fsp3) is 0.889. The summed E-state index contributed by atoms with van der Waals surface area (Å²) in [4.78, 5) is 0. The molecule has 0 saturated heterocycles. The molecule has 0 radical (unpaired) electrons. The molecular weight excluding hydrogens is 218 g/mol. The van der Waals surface area contributed by atoms with E-state index < -0.39 is 0 Å². The highest BCUT2D eigenvalue weighted by molar-refractivity contribution is 9.09. The minimum Gasteiger partial charge on any atom is -0.624 e. The molecule has 0 aromatic carbocycles. The maximum Gasteiger partial charge on any atom is 0.173 e. The van der Waals surface area contributed by atoms with Gasteiger partial charge in [-0.05, 0) is 12.8 Å². The van der Waals surface area contributed by atoms with Crippen LogP contribution in [0.4, 0.5) is 0 Å². The van der Waals surface area contributed by atoms with Crippen LogP contribution < -0.4 is 0 Å². The first-order valence-electron chi connectivity index (χ1n) is 4.71. The number of hydroxylamine groups is 1. The Balaban J connectivity index is 2.17. The van der Waals surface area contributed by atoms with Gasteiger partial charge < -0.3 is 5.21 Å². The van der Waals surface area contributed by atoms with Crippen molar-refractivity contribution < 1.29 is 4.74 Å². The van der Waals surface area contributed by atoms with Gasteiger partial charge in [-0.2, -0.15) is 0 Å². The van der Waals surface area contributed by atoms with Crippen LogP contribution >= 0.6 is 15.9 Å². The number of nitrogens with zero attached hydrogens (tertiary/aromatic N) is 1.